The van der Waals surface area contributed by atoms with E-state index >= 15 is 0 Å². The summed E-state index contributed by atoms with van der Waals surface area (Å²) < 4.78 is 1.78. The Balaban J connectivity index is 1.55. The number of nitrogens with one attached hydrogen (secondary N) is 2. The summed E-state index contributed by atoms with van der Waals surface area (Å²) in [6.45, 7) is 0.174. The summed E-state index contributed by atoms with van der Waals surface area (Å²) in [4.78, 5) is 29.8. The van der Waals surface area contributed by atoms with Crippen LogP contribution in [0.15, 0.2) is 72.8 Å². The van der Waals surface area contributed by atoms with Gasteiger partial charge in [0.1, 0.15) is 12.4 Å². The third kappa shape index (κ3) is 4.87. The van der Waals surface area contributed by atoms with E-state index in [9.17, 15) is 9.59 Å². The van der Waals surface area contributed by atoms with Gasteiger partial charge in [-0.2, -0.15) is 0 Å². The molecule has 0 aliphatic rings. The van der Waals surface area contributed by atoms with Crippen LogP contribution < -0.4 is 10.6 Å². The molecule has 0 saturated carbocycles. The van der Waals surface area contributed by atoms with Crippen molar-refractivity contribution in [2.45, 2.75) is 13.1 Å². The number of para-hydroxylation sites is 2. The number of fused-ring (bicyclic) bond motifs is 1. The summed E-state index contributed by atoms with van der Waals surface area (Å²) in [5, 5.41) is 6.57. The zero-order valence-corrected chi connectivity index (χ0v) is 17.8. The predicted molar refractivity (Wildman–Crippen MR) is 122 cm³/mol. The molecule has 2 amide bonds. The van der Waals surface area contributed by atoms with Crippen LogP contribution in [0, 0.1) is 0 Å². The topological polar surface area (TPSA) is 76.0 Å². The smallest absolute Gasteiger partial charge is 0.253 e. The molecule has 0 unspecified atom stereocenters. The second-order valence-corrected chi connectivity index (χ2v) is 7.67. The van der Waals surface area contributed by atoms with Crippen LogP contribution in [0.4, 0.5) is 5.69 Å². The molecule has 31 heavy (non-hydrogen) atoms. The van der Waals surface area contributed by atoms with Crippen LogP contribution >= 0.6 is 23.2 Å². The molecule has 0 fully saturated rings. The number of aromatic nitrogens is 2. The van der Waals surface area contributed by atoms with Gasteiger partial charge in [-0.1, -0.05) is 53.5 Å². The molecule has 0 radical (unpaired) electrons. The fourth-order valence-corrected chi connectivity index (χ4v) is 3.66. The molecule has 1 heterocycles. The standard InChI is InChI=1S/C23H18Cl2N4O2/c24-15-6-5-7-16(12-15)27-22(30)14-29-20-11-4-3-10-19(20)28-21(29)13-26-23(31)17-8-1-2-9-18(17)25/h1-12H,13-14H2,(H,26,31)(H,27,30). The van der Waals surface area contributed by atoms with Gasteiger partial charge in [0.05, 0.1) is 28.2 Å². The Bertz CT molecular complexity index is 1270. The zero-order valence-electron chi connectivity index (χ0n) is 16.3. The molecule has 0 spiro atoms. The summed E-state index contributed by atoms with van der Waals surface area (Å²) in [6, 6.07) is 21.3. The number of rotatable bonds is 6. The first-order chi connectivity index (χ1) is 15.0. The summed E-state index contributed by atoms with van der Waals surface area (Å²) in [6.07, 6.45) is 0. The van der Waals surface area contributed by atoms with Crippen molar-refractivity contribution in [3.8, 4) is 0 Å². The Morgan fingerprint density at radius 3 is 2.52 bits per heavy atom. The van der Waals surface area contributed by atoms with Crippen molar-refractivity contribution in [2.24, 2.45) is 0 Å². The fourth-order valence-electron chi connectivity index (χ4n) is 3.25. The highest BCUT2D eigenvalue weighted by Gasteiger charge is 2.16. The lowest BCUT2D eigenvalue weighted by Crippen LogP contribution is -2.26. The molecule has 4 aromatic rings. The van der Waals surface area contributed by atoms with E-state index in [1.165, 1.54) is 0 Å². The summed E-state index contributed by atoms with van der Waals surface area (Å²) >= 11 is 12.1. The van der Waals surface area contributed by atoms with Gasteiger partial charge in [-0.05, 0) is 42.5 Å². The van der Waals surface area contributed by atoms with Crippen molar-refractivity contribution in [1.29, 1.82) is 0 Å². The Hall–Kier alpha value is -3.35. The number of benzene rings is 3. The molecule has 0 bridgehead atoms. The van der Waals surface area contributed by atoms with E-state index in [1.54, 1.807) is 53.1 Å². The van der Waals surface area contributed by atoms with E-state index in [4.69, 9.17) is 23.2 Å². The maximum atomic E-state index is 12.7. The van der Waals surface area contributed by atoms with Crippen molar-refractivity contribution in [2.75, 3.05) is 5.32 Å². The molecule has 0 aliphatic carbocycles. The van der Waals surface area contributed by atoms with Gasteiger partial charge in [0.15, 0.2) is 0 Å². The summed E-state index contributed by atoms with van der Waals surface area (Å²) in [5.41, 5.74) is 2.52. The minimum absolute atomic E-state index is 0.0321. The van der Waals surface area contributed by atoms with E-state index in [-0.39, 0.29) is 24.9 Å². The highest BCUT2D eigenvalue weighted by atomic mass is 35.5. The molecule has 4 rings (SSSR count). The first-order valence-electron chi connectivity index (χ1n) is 9.53. The molecule has 8 heteroatoms. The Kier molecular flexibility index (Phi) is 6.21. The normalized spacial score (nSPS) is 10.8. The van der Waals surface area contributed by atoms with Gasteiger partial charge in [0.25, 0.3) is 5.91 Å². The average Bonchev–Trinajstić information content (AvgIpc) is 3.09. The number of imidazole rings is 1. The van der Waals surface area contributed by atoms with Crippen LogP contribution in [0.3, 0.4) is 0 Å². The number of amides is 2. The van der Waals surface area contributed by atoms with Crippen LogP contribution in [0.1, 0.15) is 16.2 Å². The lowest BCUT2D eigenvalue weighted by molar-refractivity contribution is -0.116. The number of carbonyl (C=O) groups is 2. The summed E-state index contributed by atoms with van der Waals surface area (Å²) in [5.74, 6) is 0.0135. The number of hydrogen-bond acceptors (Lipinski definition) is 3. The Morgan fingerprint density at radius 1 is 0.935 bits per heavy atom. The molecule has 0 saturated heterocycles. The maximum Gasteiger partial charge on any atom is 0.253 e. The lowest BCUT2D eigenvalue weighted by atomic mass is 10.2. The van der Waals surface area contributed by atoms with Gasteiger partial charge in [0.2, 0.25) is 5.91 Å². The van der Waals surface area contributed by atoms with Crippen molar-refractivity contribution in [1.82, 2.24) is 14.9 Å². The van der Waals surface area contributed by atoms with E-state index < -0.39 is 0 Å². The van der Waals surface area contributed by atoms with Crippen molar-refractivity contribution in [3.63, 3.8) is 0 Å². The number of halogens is 2. The van der Waals surface area contributed by atoms with Crippen LogP contribution in [0.2, 0.25) is 10.0 Å². The minimum atomic E-state index is -0.312. The predicted octanol–water partition coefficient (Wildman–Crippen LogP) is 4.91. The van der Waals surface area contributed by atoms with E-state index in [0.717, 1.165) is 11.0 Å². The molecule has 156 valence electrons. The fraction of sp³-hybridized carbons (Fsp3) is 0.0870. The zero-order chi connectivity index (χ0) is 21.8. The summed E-state index contributed by atoms with van der Waals surface area (Å²) in [7, 11) is 0. The van der Waals surface area contributed by atoms with Crippen molar-refractivity contribution in [3.05, 3.63) is 94.2 Å². The molecule has 1 aromatic heterocycles. The molecule has 3 aromatic carbocycles. The monoisotopic (exact) mass is 452 g/mol. The Morgan fingerprint density at radius 2 is 1.71 bits per heavy atom. The highest BCUT2D eigenvalue weighted by molar-refractivity contribution is 6.33. The van der Waals surface area contributed by atoms with Crippen LogP contribution in [0.5, 0.6) is 0 Å². The highest BCUT2D eigenvalue weighted by Crippen LogP contribution is 2.19. The number of carbonyl (C=O) groups excluding carboxylic acids is 2. The van der Waals surface area contributed by atoms with Crippen molar-refractivity contribution < 1.29 is 9.59 Å². The SMILES string of the molecule is O=C(Cn1c(CNC(=O)c2ccccc2Cl)nc2ccccc21)Nc1cccc(Cl)c1. The second kappa shape index (κ2) is 9.20. The average molecular weight is 453 g/mol. The lowest BCUT2D eigenvalue weighted by Gasteiger charge is -2.11. The molecule has 6 nitrogen and oxygen atoms in total. The van der Waals surface area contributed by atoms with Crippen LogP contribution in [-0.4, -0.2) is 21.4 Å². The quantitative estimate of drug-likeness (QED) is 0.436. The largest absolute Gasteiger partial charge is 0.345 e. The van der Waals surface area contributed by atoms with E-state index in [1.807, 2.05) is 24.3 Å². The van der Waals surface area contributed by atoms with Gasteiger partial charge in [-0.25, -0.2) is 4.98 Å². The van der Waals surface area contributed by atoms with Gasteiger partial charge in [-0.15, -0.1) is 0 Å². The second-order valence-electron chi connectivity index (χ2n) is 6.82. The van der Waals surface area contributed by atoms with Crippen molar-refractivity contribution >= 4 is 51.7 Å². The van der Waals surface area contributed by atoms with E-state index in [2.05, 4.69) is 15.6 Å². The van der Waals surface area contributed by atoms with Gasteiger partial charge >= 0.3 is 0 Å². The molecular formula is C23H18Cl2N4O2. The van der Waals surface area contributed by atoms with Crippen LogP contribution in [-0.2, 0) is 17.9 Å². The molecular weight excluding hydrogens is 435 g/mol. The third-order valence-corrected chi connectivity index (χ3v) is 5.23. The van der Waals surface area contributed by atoms with Gasteiger partial charge in [0, 0.05) is 10.7 Å². The minimum Gasteiger partial charge on any atom is -0.345 e. The first-order valence-corrected chi connectivity index (χ1v) is 10.3. The van der Waals surface area contributed by atoms with Crippen LogP contribution in [0.25, 0.3) is 11.0 Å². The number of anilines is 1. The first kappa shape index (κ1) is 20.9. The van der Waals surface area contributed by atoms with Gasteiger partial charge < -0.3 is 15.2 Å². The Labute approximate surface area is 188 Å². The number of hydrogen-bond donors (Lipinski definition) is 2. The number of nitrogens with zero attached hydrogens (tertiary/aromatic N) is 2. The molecule has 0 aliphatic heterocycles. The van der Waals surface area contributed by atoms with Gasteiger partial charge in [-0.3, -0.25) is 9.59 Å². The molecule has 2 N–H and O–H groups in total. The molecule has 0 atom stereocenters. The maximum absolute atomic E-state index is 12.7. The third-order valence-electron chi connectivity index (χ3n) is 4.67. The van der Waals surface area contributed by atoms with E-state index in [0.29, 0.717) is 27.1 Å².